The Kier molecular flexibility index (Phi) is 11.7. The summed E-state index contributed by atoms with van der Waals surface area (Å²) in [6, 6.07) is 12.3. The molecule has 0 aromatic heterocycles. The third kappa shape index (κ3) is 11.3. The molecule has 2 aromatic rings. The molecule has 0 amide bonds. The van der Waals surface area contributed by atoms with Crippen molar-refractivity contribution >= 4 is 60.1 Å². The van der Waals surface area contributed by atoms with E-state index >= 15 is 0 Å². The predicted octanol–water partition coefficient (Wildman–Crippen LogP) is 4.67. The Morgan fingerprint density at radius 1 is 0.682 bits per heavy atom. The first-order chi connectivity index (χ1) is 19.7. The fourth-order valence-corrected chi connectivity index (χ4v) is 6.11. The molecule has 1 saturated heterocycles. The first kappa shape index (κ1) is 37.9. The van der Waals surface area contributed by atoms with Gasteiger partial charge in [0.15, 0.2) is 31.2 Å². The van der Waals surface area contributed by atoms with Crippen LogP contribution in [0.25, 0.3) is 0 Å². The third-order valence-corrected chi connectivity index (χ3v) is 10.1. The number of ether oxygens (including phenoxy) is 2. The molecule has 0 N–H and O–H groups in total. The highest BCUT2D eigenvalue weighted by molar-refractivity contribution is 9.10. The molecule has 0 saturated carbocycles. The van der Waals surface area contributed by atoms with Crippen LogP contribution in [0.2, 0.25) is 0 Å². The van der Waals surface area contributed by atoms with Gasteiger partial charge in [0.1, 0.15) is 11.2 Å². The molecule has 1 fully saturated rings. The van der Waals surface area contributed by atoms with Gasteiger partial charge in [-0.2, -0.15) is 0 Å². The lowest BCUT2D eigenvalue weighted by Crippen LogP contribution is -2.41. The highest BCUT2D eigenvalue weighted by atomic mass is 79.9. The number of halogens is 1. The van der Waals surface area contributed by atoms with E-state index in [2.05, 4.69) is 15.9 Å². The number of esters is 2. The van der Waals surface area contributed by atoms with E-state index in [-0.39, 0.29) is 9.79 Å². The third-order valence-electron chi connectivity index (χ3n) is 6.39. The van der Waals surface area contributed by atoms with Gasteiger partial charge in [0.25, 0.3) is 0 Å². The molecule has 2 aromatic carbocycles. The second-order valence-corrected chi connectivity index (χ2v) is 18.2. The quantitative estimate of drug-likeness (QED) is 0.294. The summed E-state index contributed by atoms with van der Waals surface area (Å²) in [6.07, 6.45) is 0. The van der Waals surface area contributed by atoms with Gasteiger partial charge >= 0.3 is 19.1 Å². The van der Waals surface area contributed by atoms with Crippen LogP contribution in [-0.4, -0.2) is 69.8 Å². The molecule has 0 unspecified atom stereocenters. The van der Waals surface area contributed by atoms with Crippen LogP contribution >= 0.6 is 15.9 Å². The zero-order chi connectivity index (χ0) is 33.9. The summed E-state index contributed by atoms with van der Waals surface area (Å²) in [7, 11) is -7.99. The zero-order valence-electron chi connectivity index (χ0n) is 26.9. The summed E-state index contributed by atoms with van der Waals surface area (Å²) in [4.78, 5) is 23.5. The molecule has 1 aliphatic heterocycles. The number of carbonyl (C=O) groups excluding carboxylic acids is 2. The van der Waals surface area contributed by atoms with E-state index in [4.69, 9.17) is 18.8 Å². The Hall–Kier alpha value is -2.26. The predicted molar refractivity (Wildman–Crippen MR) is 172 cm³/mol. The maximum atomic E-state index is 12.4. The maximum Gasteiger partial charge on any atom is 0.494 e. The monoisotopic (exact) mass is 716 g/mol. The average Bonchev–Trinajstić information content (AvgIpc) is 3.03. The topological polar surface area (TPSA) is 139 Å². The molecule has 0 aliphatic carbocycles. The van der Waals surface area contributed by atoms with Crippen molar-refractivity contribution in [2.75, 3.05) is 11.5 Å². The van der Waals surface area contributed by atoms with Gasteiger partial charge in [-0.3, -0.25) is 9.59 Å². The highest BCUT2D eigenvalue weighted by Crippen LogP contribution is 2.36. The number of benzene rings is 2. The van der Waals surface area contributed by atoms with Gasteiger partial charge in [-0.1, -0.05) is 28.1 Å². The van der Waals surface area contributed by atoms with Crippen LogP contribution in [0, 0.1) is 0 Å². The van der Waals surface area contributed by atoms with Gasteiger partial charge in [-0.05, 0) is 111 Å². The minimum absolute atomic E-state index is 0.0589. The normalized spacial score (nSPS) is 16.5. The number of rotatable bonds is 7. The van der Waals surface area contributed by atoms with Crippen LogP contribution in [0.4, 0.5) is 0 Å². The van der Waals surface area contributed by atoms with Crippen LogP contribution < -0.4 is 5.46 Å². The van der Waals surface area contributed by atoms with Crippen molar-refractivity contribution in [3.63, 3.8) is 0 Å². The minimum atomic E-state index is -3.77. The molecule has 1 heterocycles. The van der Waals surface area contributed by atoms with E-state index in [1.54, 1.807) is 65.8 Å². The fourth-order valence-electron chi connectivity index (χ4n) is 3.67. The van der Waals surface area contributed by atoms with Gasteiger partial charge in [0.2, 0.25) is 0 Å². The molecule has 3 rings (SSSR count). The van der Waals surface area contributed by atoms with Crippen molar-refractivity contribution in [1.29, 1.82) is 0 Å². The smallest absolute Gasteiger partial charge is 0.459 e. The molecule has 44 heavy (non-hydrogen) atoms. The van der Waals surface area contributed by atoms with Gasteiger partial charge in [0, 0.05) is 4.47 Å². The fraction of sp³-hybridized carbons (Fsp3) is 0.533. The summed E-state index contributed by atoms with van der Waals surface area (Å²) in [5.74, 6) is -2.86. The van der Waals surface area contributed by atoms with Crippen LogP contribution in [0.1, 0.15) is 69.2 Å². The Morgan fingerprint density at radius 3 is 1.32 bits per heavy atom. The van der Waals surface area contributed by atoms with Crippen LogP contribution in [0.5, 0.6) is 0 Å². The Balaban J connectivity index is 0.000000329. The van der Waals surface area contributed by atoms with Crippen molar-refractivity contribution in [1.82, 2.24) is 0 Å². The average molecular weight is 718 g/mol. The van der Waals surface area contributed by atoms with Crippen LogP contribution in [0.15, 0.2) is 62.8 Å². The van der Waals surface area contributed by atoms with Crippen LogP contribution in [-0.2, 0) is 48.0 Å². The van der Waals surface area contributed by atoms with E-state index in [9.17, 15) is 26.4 Å². The van der Waals surface area contributed by atoms with Gasteiger partial charge in [-0.25, -0.2) is 16.8 Å². The molecule has 1 aliphatic rings. The summed E-state index contributed by atoms with van der Waals surface area (Å²) in [5.41, 5.74) is -1.64. The molecule has 10 nitrogen and oxygen atoms in total. The lowest BCUT2D eigenvalue weighted by Gasteiger charge is -2.32. The van der Waals surface area contributed by atoms with Gasteiger partial charge in [0.05, 0.1) is 21.0 Å². The van der Waals surface area contributed by atoms with E-state index < -0.39 is 72.6 Å². The van der Waals surface area contributed by atoms with Crippen molar-refractivity contribution in [2.24, 2.45) is 0 Å². The van der Waals surface area contributed by atoms with Crippen molar-refractivity contribution < 1.29 is 45.2 Å². The second kappa shape index (κ2) is 13.6. The van der Waals surface area contributed by atoms with Crippen LogP contribution in [0.3, 0.4) is 0 Å². The highest BCUT2D eigenvalue weighted by Gasteiger charge is 2.51. The van der Waals surface area contributed by atoms with Crippen molar-refractivity contribution in [3.8, 4) is 0 Å². The number of hydrogen-bond donors (Lipinski definition) is 0. The minimum Gasteiger partial charge on any atom is -0.459 e. The van der Waals surface area contributed by atoms with E-state index in [0.29, 0.717) is 0 Å². The standard InChI is InChI=1S/C18H27BO6S.C12H15BrO4S/c1-16(2,3)23-15(20)12-26(21,22)14-10-8-13(9-11-14)19-24-17(4,5)18(6,7)25-19;1-12(2,3)17-11(14)8-18(15,16)10-6-4-9(13)5-7-10/h8-11H,12H2,1-7H3;4-7H,8H2,1-3H3. The molecular weight excluding hydrogens is 675 g/mol. The summed E-state index contributed by atoms with van der Waals surface area (Å²) >= 11 is 3.22. The van der Waals surface area contributed by atoms with Gasteiger partial charge in [-0.15, -0.1) is 0 Å². The lowest BCUT2D eigenvalue weighted by molar-refractivity contribution is -0.152. The first-order valence-corrected chi connectivity index (χ1v) is 17.9. The van der Waals surface area contributed by atoms with Gasteiger partial charge < -0.3 is 18.8 Å². The largest absolute Gasteiger partial charge is 0.494 e. The summed E-state index contributed by atoms with van der Waals surface area (Å²) in [5, 5.41) is 0. The maximum absolute atomic E-state index is 12.4. The van der Waals surface area contributed by atoms with E-state index in [1.807, 2.05) is 27.7 Å². The SMILES string of the molecule is CC(C)(C)OC(=O)CS(=O)(=O)c1ccc(B2OC(C)(C)C(C)(C)O2)cc1.CC(C)(C)OC(=O)CS(=O)(=O)c1ccc(Br)cc1. The molecule has 0 atom stereocenters. The summed E-state index contributed by atoms with van der Waals surface area (Å²) in [6.45, 7) is 18.0. The van der Waals surface area contributed by atoms with E-state index in [0.717, 1.165) is 9.94 Å². The number of sulfone groups is 2. The Labute approximate surface area is 270 Å². The molecule has 0 radical (unpaired) electrons. The summed E-state index contributed by atoms with van der Waals surface area (Å²) < 4.78 is 71.4. The molecule has 244 valence electrons. The molecule has 0 spiro atoms. The second-order valence-electron chi connectivity index (χ2n) is 13.3. The Morgan fingerprint density at radius 2 is 1.00 bits per heavy atom. The van der Waals surface area contributed by atoms with Crippen molar-refractivity contribution in [3.05, 3.63) is 53.0 Å². The molecular formula is C30H42BBrO10S2. The van der Waals surface area contributed by atoms with E-state index in [1.165, 1.54) is 24.3 Å². The lowest BCUT2D eigenvalue weighted by atomic mass is 9.79. The molecule has 0 bridgehead atoms. The van der Waals surface area contributed by atoms with Crippen molar-refractivity contribution in [2.45, 2.75) is 101 Å². The Bertz CT molecular complexity index is 1520. The molecule has 14 heteroatoms. The zero-order valence-corrected chi connectivity index (χ0v) is 30.1. The number of hydrogen-bond acceptors (Lipinski definition) is 10. The number of carbonyl (C=O) groups is 2. The first-order valence-electron chi connectivity index (χ1n) is 13.8.